The highest BCUT2D eigenvalue weighted by atomic mass is 32.2. The van der Waals surface area contributed by atoms with Gasteiger partial charge in [0.2, 0.25) is 10.0 Å². The van der Waals surface area contributed by atoms with Gasteiger partial charge in [-0.15, -0.1) is 0 Å². The van der Waals surface area contributed by atoms with E-state index >= 15 is 0 Å². The predicted octanol–water partition coefficient (Wildman–Crippen LogP) is 0.189. The lowest BCUT2D eigenvalue weighted by molar-refractivity contribution is 0.159. The maximum atomic E-state index is 13.3. The first kappa shape index (κ1) is 17.1. The normalized spacial score (nSPS) is 22.9. The van der Waals surface area contributed by atoms with E-state index in [2.05, 4.69) is 4.72 Å². The molecule has 1 aliphatic heterocycles. The maximum absolute atomic E-state index is 13.3. The number of sulfonamides is 1. The summed E-state index contributed by atoms with van der Waals surface area (Å²) >= 11 is 0. The molecule has 1 heterocycles. The molecule has 1 saturated heterocycles. The average molecular weight is 332 g/mol. The maximum Gasteiger partial charge on any atom is 0.209 e. The molecule has 1 fully saturated rings. The highest BCUT2D eigenvalue weighted by molar-refractivity contribution is 7.88. The van der Waals surface area contributed by atoms with Gasteiger partial charge in [-0.2, -0.15) is 0 Å². The van der Waals surface area contributed by atoms with Crippen molar-refractivity contribution in [1.82, 2.24) is 9.62 Å². The molecule has 1 aliphatic rings. The molecule has 22 heavy (non-hydrogen) atoms. The van der Waals surface area contributed by atoms with Crippen molar-refractivity contribution in [2.75, 3.05) is 32.5 Å². The van der Waals surface area contributed by atoms with Gasteiger partial charge < -0.3 is 9.84 Å². The van der Waals surface area contributed by atoms with E-state index in [0.29, 0.717) is 32.7 Å². The van der Waals surface area contributed by atoms with Crippen LogP contribution in [0.2, 0.25) is 0 Å². The Morgan fingerprint density at radius 2 is 2.14 bits per heavy atom. The van der Waals surface area contributed by atoms with Gasteiger partial charge >= 0.3 is 0 Å². The molecule has 0 aromatic heterocycles. The molecule has 0 bridgehead atoms. The summed E-state index contributed by atoms with van der Waals surface area (Å²) in [5.41, 5.74) is 0. The van der Waals surface area contributed by atoms with Crippen LogP contribution in [-0.4, -0.2) is 63.1 Å². The highest BCUT2D eigenvalue weighted by Crippen LogP contribution is 2.16. The fraction of sp³-hybridized carbons (Fsp3) is 0.571. The van der Waals surface area contributed by atoms with Crippen molar-refractivity contribution in [2.24, 2.45) is 0 Å². The zero-order chi connectivity index (χ0) is 16.2. The summed E-state index contributed by atoms with van der Waals surface area (Å²) in [5, 5.41) is 9.84. The van der Waals surface area contributed by atoms with Crippen LogP contribution in [0.4, 0.5) is 4.39 Å². The van der Waals surface area contributed by atoms with E-state index in [1.54, 1.807) is 18.2 Å². The number of halogens is 1. The Balaban J connectivity index is 1.71. The third-order valence-electron chi connectivity index (χ3n) is 3.44. The topological polar surface area (TPSA) is 78.9 Å². The highest BCUT2D eigenvalue weighted by Gasteiger charge is 2.32. The predicted molar refractivity (Wildman–Crippen MR) is 80.7 cm³/mol. The Kier molecular flexibility index (Phi) is 5.74. The standard InChI is InChI=1S/C14H21FN2O4S/c1-22(19,20)16-12-9-17(10-13(12)18)7-4-8-21-14-6-3-2-5-11(14)15/h2-3,5-6,12-13,16,18H,4,7-10H2,1H3/t12-,13-/m1/s1. The Bertz CT molecular complexity index is 596. The Morgan fingerprint density at radius 3 is 2.82 bits per heavy atom. The van der Waals surface area contributed by atoms with Crippen molar-refractivity contribution in [3.63, 3.8) is 0 Å². The molecule has 2 N–H and O–H groups in total. The van der Waals surface area contributed by atoms with Crippen molar-refractivity contribution in [2.45, 2.75) is 18.6 Å². The lowest BCUT2D eigenvalue weighted by atomic mass is 10.2. The number of nitrogens with zero attached hydrogens (tertiary/aromatic N) is 1. The number of aliphatic hydroxyl groups excluding tert-OH is 1. The summed E-state index contributed by atoms with van der Waals surface area (Å²) in [5.74, 6) is -0.169. The van der Waals surface area contributed by atoms with Crippen LogP contribution in [0, 0.1) is 5.82 Å². The van der Waals surface area contributed by atoms with Gasteiger partial charge in [-0.3, -0.25) is 4.90 Å². The molecule has 1 aromatic carbocycles. The number of nitrogens with one attached hydrogen (secondary N) is 1. The van der Waals surface area contributed by atoms with E-state index in [9.17, 15) is 17.9 Å². The molecule has 0 aliphatic carbocycles. The van der Waals surface area contributed by atoms with E-state index in [1.807, 2.05) is 4.90 Å². The summed E-state index contributed by atoms with van der Waals surface area (Å²) in [6, 6.07) is 5.73. The van der Waals surface area contributed by atoms with E-state index in [4.69, 9.17) is 4.74 Å². The van der Waals surface area contributed by atoms with Gasteiger partial charge in [0.25, 0.3) is 0 Å². The molecule has 0 saturated carbocycles. The third kappa shape index (κ3) is 5.20. The number of aliphatic hydroxyl groups is 1. The van der Waals surface area contributed by atoms with Gasteiger partial charge in [0.15, 0.2) is 11.6 Å². The van der Waals surface area contributed by atoms with Crippen molar-refractivity contribution in [1.29, 1.82) is 0 Å². The number of hydrogen-bond donors (Lipinski definition) is 2. The quantitative estimate of drug-likeness (QED) is 0.697. The van der Waals surface area contributed by atoms with Crippen LogP contribution in [0.5, 0.6) is 5.75 Å². The first-order valence-electron chi connectivity index (χ1n) is 7.10. The molecular formula is C14H21FN2O4S. The summed E-state index contributed by atoms with van der Waals surface area (Å²) < 4.78 is 43.5. The molecule has 0 radical (unpaired) electrons. The van der Waals surface area contributed by atoms with Gasteiger partial charge in [0.05, 0.1) is 25.0 Å². The largest absolute Gasteiger partial charge is 0.490 e. The van der Waals surface area contributed by atoms with Crippen LogP contribution >= 0.6 is 0 Å². The second-order valence-electron chi connectivity index (χ2n) is 5.46. The molecule has 2 rings (SSSR count). The van der Waals surface area contributed by atoms with Gasteiger partial charge in [-0.25, -0.2) is 17.5 Å². The molecule has 0 unspecified atom stereocenters. The average Bonchev–Trinajstić information content (AvgIpc) is 2.75. The fourth-order valence-electron chi connectivity index (χ4n) is 2.47. The lowest BCUT2D eigenvalue weighted by Gasteiger charge is -2.16. The molecule has 1 aromatic rings. The number of hydrogen-bond acceptors (Lipinski definition) is 5. The number of likely N-dealkylation sites (tertiary alicyclic amines) is 1. The smallest absolute Gasteiger partial charge is 0.209 e. The van der Waals surface area contributed by atoms with Crippen molar-refractivity contribution >= 4 is 10.0 Å². The molecule has 0 spiro atoms. The number of ether oxygens (including phenoxy) is 1. The molecule has 2 atom stereocenters. The third-order valence-corrected chi connectivity index (χ3v) is 4.17. The van der Waals surface area contributed by atoms with E-state index in [0.717, 1.165) is 6.26 Å². The van der Waals surface area contributed by atoms with Crippen LogP contribution in [0.25, 0.3) is 0 Å². The number of para-hydroxylation sites is 1. The minimum atomic E-state index is -3.33. The fourth-order valence-corrected chi connectivity index (χ4v) is 3.25. The molecule has 0 amide bonds. The first-order chi connectivity index (χ1) is 10.3. The Labute approximate surface area is 129 Å². The molecule has 8 heteroatoms. The Hall–Kier alpha value is -1.22. The first-order valence-corrected chi connectivity index (χ1v) is 8.99. The van der Waals surface area contributed by atoms with Crippen LogP contribution < -0.4 is 9.46 Å². The minimum Gasteiger partial charge on any atom is -0.490 e. The second-order valence-corrected chi connectivity index (χ2v) is 7.24. The summed E-state index contributed by atoms with van der Waals surface area (Å²) in [6.07, 6.45) is 1.01. The monoisotopic (exact) mass is 332 g/mol. The van der Waals surface area contributed by atoms with Crippen LogP contribution in [-0.2, 0) is 10.0 Å². The molecular weight excluding hydrogens is 311 g/mol. The van der Waals surface area contributed by atoms with Crippen LogP contribution in [0.15, 0.2) is 24.3 Å². The number of benzene rings is 1. The second kappa shape index (κ2) is 7.36. The van der Waals surface area contributed by atoms with Gasteiger partial charge in [0.1, 0.15) is 0 Å². The van der Waals surface area contributed by atoms with E-state index in [-0.39, 0.29) is 5.75 Å². The van der Waals surface area contributed by atoms with Crippen molar-refractivity contribution in [3.8, 4) is 5.75 Å². The van der Waals surface area contributed by atoms with Crippen LogP contribution in [0.3, 0.4) is 0 Å². The zero-order valence-corrected chi connectivity index (χ0v) is 13.2. The lowest BCUT2D eigenvalue weighted by Crippen LogP contribution is -2.42. The van der Waals surface area contributed by atoms with E-state index < -0.39 is 28.0 Å². The zero-order valence-electron chi connectivity index (χ0n) is 12.4. The SMILES string of the molecule is CS(=O)(=O)N[C@@H]1CN(CCCOc2ccccc2F)C[C@H]1O. The van der Waals surface area contributed by atoms with Gasteiger partial charge in [-0.1, -0.05) is 12.1 Å². The summed E-state index contributed by atoms with van der Waals surface area (Å²) in [6.45, 7) is 1.87. The number of rotatable bonds is 7. The summed E-state index contributed by atoms with van der Waals surface area (Å²) in [7, 11) is -3.33. The molecule has 124 valence electrons. The minimum absolute atomic E-state index is 0.223. The van der Waals surface area contributed by atoms with Crippen molar-refractivity contribution < 1.29 is 22.7 Å². The van der Waals surface area contributed by atoms with E-state index in [1.165, 1.54) is 6.07 Å². The van der Waals surface area contributed by atoms with Gasteiger partial charge in [-0.05, 0) is 18.6 Å². The number of β-amino-alcohol motifs (C(OH)–C–C–N with tert-alkyl or cyclic N) is 1. The Morgan fingerprint density at radius 1 is 1.41 bits per heavy atom. The van der Waals surface area contributed by atoms with Crippen LogP contribution in [0.1, 0.15) is 6.42 Å². The van der Waals surface area contributed by atoms with Gasteiger partial charge in [0, 0.05) is 19.6 Å². The molecule has 6 nitrogen and oxygen atoms in total. The summed E-state index contributed by atoms with van der Waals surface area (Å²) in [4.78, 5) is 1.96. The van der Waals surface area contributed by atoms with Crippen molar-refractivity contribution in [3.05, 3.63) is 30.1 Å².